The topological polar surface area (TPSA) is 134 Å². The maximum Gasteiger partial charge on any atom is 0.338 e. The number of benzene rings is 2. The Morgan fingerprint density at radius 2 is 1.82 bits per heavy atom. The van der Waals surface area contributed by atoms with Gasteiger partial charge in [-0.1, -0.05) is 23.9 Å². The van der Waals surface area contributed by atoms with Crippen molar-refractivity contribution in [1.82, 2.24) is 20.1 Å². The first kappa shape index (κ1) is 29.2. The Kier molecular flexibility index (Phi) is 10.9. The number of rotatable bonds is 13. The molecule has 11 nitrogen and oxygen atoms in total. The fourth-order valence-electron chi connectivity index (χ4n) is 3.49. The number of amides is 2. The second-order valence-electron chi connectivity index (χ2n) is 7.95. The maximum absolute atomic E-state index is 12.5. The summed E-state index contributed by atoms with van der Waals surface area (Å²) in [6.45, 7) is 4.66. The van der Waals surface area contributed by atoms with Crippen LogP contribution < -0.4 is 20.1 Å². The second kappa shape index (κ2) is 14.6. The third kappa shape index (κ3) is 8.34. The molecule has 3 rings (SSSR count). The fraction of sp³-hybridized carbons (Fsp3) is 0.296. The number of aromatic nitrogens is 3. The van der Waals surface area contributed by atoms with Crippen LogP contribution >= 0.6 is 11.8 Å². The van der Waals surface area contributed by atoms with Crippen molar-refractivity contribution in [3.05, 3.63) is 65.5 Å². The van der Waals surface area contributed by atoms with Gasteiger partial charge in [-0.2, -0.15) is 0 Å². The van der Waals surface area contributed by atoms with Crippen LogP contribution in [-0.2, 0) is 27.4 Å². The Labute approximate surface area is 230 Å². The first-order chi connectivity index (χ1) is 18.9. The van der Waals surface area contributed by atoms with Gasteiger partial charge in [-0.05, 0) is 55.8 Å². The summed E-state index contributed by atoms with van der Waals surface area (Å²) < 4.78 is 17.3. The van der Waals surface area contributed by atoms with Crippen molar-refractivity contribution in [2.75, 3.05) is 31.9 Å². The summed E-state index contributed by atoms with van der Waals surface area (Å²) in [4.78, 5) is 36.8. The molecule has 0 aliphatic carbocycles. The molecule has 3 aromatic rings. The number of hydrogen-bond acceptors (Lipinski definition) is 9. The number of anilines is 1. The largest absolute Gasteiger partial charge is 0.493 e. The molecule has 2 aromatic carbocycles. The van der Waals surface area contributed by atoms with Crippen LogP contribution in [0.3, 0.4) is 0 Å². The predicted octanol–water partition coefficient (Wildman–Crippen LogP) is 3.55. The quantitative estimate of drug-likeness (QED) is 0.185. The molecule has 0 bridgehead atoms. The monoisotopic (exact) mass is 553 g/mol. The molecule has 0 saturated heterocycles. The zero-order valence-electron chi connectivity index (χ0n) is 22.2. The van der Waals surface area contributed by atoms with Gasteiger partial charge in [0.2, 0.25) is 11.8 Å². The first-order valence-corrected chi connectivity index (χ1v) is 13.2. The average molecular weight is 554 g/mol. The number of carbonyl (C=O) groups excluding carboxylic acids is 3. The lowest BCUT2D eigenvalue weighted by Gasteiger charge is -2.09. The summed E-state index contributed by atoms with van der Waals surface area (Å²) in [6.07, 6.45) is 3.09. The van der Waals surface area contributed by atoms with Crippen LogP contribution in [0, 0.1) is 0 Å². The van der Waals surface area contributed by atoms with Crippen LogP contribution in [0.25, 0.3) is 6.08 Å². The van der Waals surface area contributed by atoms with Gasteiger partial charge in [0.25, 0.3) is 0 Å². The Balaban J connectivity index is 1.53. The smallest absolute Gasteiger partial charge is 0.338 e. The number of nitrogens with zero attached hydrogens (tertiary/aromatic N) is 3. The molecule has 0 unspecified atom stereocenters. The van der Waals surface area contributed by atoms with Crippen molar-refractivity contribution in [3.63, 3.8) is 0 Å². The van der Waals surface area contributed by atoms with E-state index in [1.54, 1.807) is 63.6 Å². The second-order valence-corrected chi connectivity index (χ2v) is 8.89. The average Bonchev–Trinajstić information content (AvgIpc) is 3.35. The molecular formula is C27H31N5O6S. The van der Waals surface area contributed by atoms with Crippen molar-refractivity contribution in [2.45, 2.75) is 32.1 Å². The first-order valence-electron chi connectivity index (χ1n) is 12.2. The number of hydrogen-bond donors (Lipinski definition) is 2. The highest BCUT2D eigenvalue weighted by Crippen LogP contribution is 2.28. The van der Waals surface area contributed by atoms with E-state index in [1.807, 2.05) is 17.6 Å². The number of esters is 1. The van der Waals surface area contributed by atoms with E-state index in [2.05, 4.69) is 20.8 Å². The van der Waals surface area contributed by atoms with Crippen molar-refractivity contribution < 1.29 is 28.6 Å². The lowest BCUT2D eigenvalue weighted by molar-refractivity contribution is -0.116. The van der Waals surface area contributed by atoms with E-state index >= 15 is 0 Å². The summed E-state index contributed by atoms with van der Waals surface area (Å²) in [5, 5.41) is 14.5. The van der Waals surface area contributed by atoms with Gasteiger partial charge in [0, 0.05) is 18.3 Å². The third-order valence-electron chi connectivity index (χ3n) is 5.35. The molecule has 0 fully saturated rings. The predicted molar refractivity (Wildman–Crippen MR) is 148 cm³/mol. The molecule has 0 radical (unpaired) electrons. The summed E-state index contributed by atoms with van der Waals surface area (Å²) in [5.74, 6) is 0.816. The van der Waals surface area contributed by atoms with Crippen LogP contribution in [0.4, 0.5) is 5.69 Å². The van der Waals surface area contributed by atoms with Crippen LogP contribution in [-0.4, -0.2) is 59.1 Å². The molecule has 39 heavy (non-hydrogen) atoms. The Morgan fingerprint density at radius 1 is 1.03 bits per heavy atom. The minimum atomic E-state index is -0.449. The zero-order chi connectivity index (χ0) is 28.2. The van der Waals surface area contributed by atoms with Gasteiger partial charge in [-0.15, -0.1) is 10.2 Å². The van der Waals surface area contributed by atoms with E-state index in [9.17, 15) is 14.4 Å². The van der Waals surface area contributed by atoms with Crippen LogP contribution in [0.2, 0.25) is 0 Å². The molecule has 0 atom stereocenters. The maximum atomic E-state index is 12.5. The van der Waals surface area contributed by atoms with E-state index in [0.717, 1.165) is 5.56 Å². The molecule has 12 heteroatoms. The minimum Gasteiger partial charge on any atom is -0.493 e. The van der Waals surface area contributed by atoms with Crippen molar-refractivity contribution in [2.24, 2.45) is 0 Å². The van der Waals surface area contributed by atoms with E-state index in [-0.39, 0.29) is 30.7 Å². The molecule has 0 spiro atoms. The van der Waals surface area contributed by atoms with Gasteiger partial charge >= 0.3 is 5.97 Å². The molecule has 2 N–H and O–H groups in total. The normalized spacial score (nSPS) is 10.8. The van der Waals surface area contributed by atoms with E-state index in [0.29, 0.717) is 40.3 Å². The highest BCUT2D eigenvalue weighted by Gasteiger charge is 2.14. The molecule has 1 heterocycles. The molecule has 0 saturated carbocycles. The Hall–Kier alpha value is -4.32. The van der Waals surface area contributed by atoms with Crippen LogP contribution in [0.15, 0.2) is 53.7 Å². The van der Waals surface area contributed by atoms with Crippen LogP contribution in [0.1, 0.15) is 35.6 Å². The van der Waals surface area contributed by atoms with E-state index in [4.69, 9.17) is 14.2 Å². The summed E-state index contributed by atoms with van der Waals surface area (Å²) >= 11 is 1.22. The summed E-state index contributed by atoms with van der Waals surface area (Å²) in [6, 6.07) is 11.9. The van der Waals surface area contributed by atoms with Gasteiger partial charge < -0.3 is 29.4 Å². The van der Waals surface area contributed by atoms with Gasteiger partial charge in [0.05, 0.1) is 38.7 Å². The van der Waals surface area contributed by atoms with Gasteiger partial charge in [0.15, 0.2) is 22.5 Å². The Morgan fingerprint density at radius 3 is 2.54 bits per heavy atom. The molecular weight excluding hydrogens is 522 g/mol. The van der Waals surface area contributed by atoms with Gasteiger partial charge in [-0.3, -0.25) is 9.59 Å². The highest BCUT2D eigenvalue weighted by atomic mass is 32.2. The number of methoxy groups -OCH3 is 2. The van der Waals surface area contributed by atoms with Crippen molar-refractivity contribution >= 4 is 41.3 Å². The zero-order valence-corrected chi connectivity index (χ0v) is 23.0. The fourth-order valence-corrected chi connectivity index (χ4v) is 4.31. The number of thioether (sulfide) groups is 1. The highest BCUT2D eigenvalue weighted by molar-refractivity contribution is 7.99. The van der Waals surface area contributed by atoms with E-state index < -0.39 is 5.97 Å². The summed E-state index contributed by atoms with van der Waals surface area (Å²) in [5.41, 5.74) is 1.63. The third-order valence-corrected chi connectivity index (χ3v) is 6.32. The molecule has 206 valence electrons. The van der Waals surface area contributed by atoms with Crippen molar-refractivity contribution in [3.8, 4) is 11.5 Å². The van der Waals surface area contributed by atoms with Gasteiger partial charge in [0.1, 0.15) is 0 Å². The molecule has 0 aliphatic heterocycles. The molecule has 0 aliphatic rings. The van der Waals surface area contributed by atoms with Crippen molar-refractivity contribution in [1.29, 1.82) is 0 Å². The number of ether oxygens (including phenoxy) is 3. The summed E-state index contributed by atoms with van der Waals surface area (Å²) in [7, 11) is 3.11. The number of carbonyl (C=O) groups is 3. The number of nitrogens with one attached hydrogen (secondary N) is 2. The lowest BCUT2D eigenvalue weighted by atomic mass is 10.2. The Bertz CT molecular complexity index is 1340. The SMILES string of the molecule is CCOC(=O)c1cccc(NC(=O)CSc2nnc(CNC(=O)C=Cc3ccc(OC)c(OC)c3)n2CC)c1. The lowest BCUT2D eigenvalue weighted by Crippen LogP contribution is -2.22. The minimum absolute atomic E-state index is 0.0855. The van der Waals surface area contributed by atoms with Crippen LogP contribution in [0.5, 0.6) is 11.5 Å². The van der Waals surface area contributed by atoms with Gasteiger partial charge in [-0.25, -0.2) is 4.79 Å². The molecule has 2 amide bonds. The van der Waals surface area contributed by atoms with E-state index in [1.165, 1.54) is 17.8 Å². The standard InChI is InChI=1S/C27H31N5O6S/c1-5-32-23(16-28-24(33)13-11-18-10-12-21(36-3)22(14-18)37-4)30-31-27(32)39-17-25(34)29-20-9-7-8-19(15-20)26(35)38-6-2/h7-15H,5-6,16-17H2,1-4H3,(H,28,33)(H,29,34). The molecule has 1 aromatic heterocycles.